The molecule has 0 saturated carbocycles. The number of nitrogens with zero attached hydrogens (tertiary/aromatic N) is 1. The van der Waals surface area contributed by atoms with E-state index < -0.39 is 0 Å². The fourth-order valence-corrected chi connectivity index (χ4v) is 2.97. The van der Waals surface area contributed by atoms with Gasteiger partial charge >= 0.3 is 0 Å². The molecule has 23 heavy (non-hydrogen) atoms. The second kappa shape index (κ2) is 6.79. The third-order valence-corrected chi connectivity index (χ3v) is 4.16. The molecule has 4 nitrogen and oxygen atoms in total. The van der Waals surface area contributed by atoms with Crippen LogP contribution in [0.2, 0.25) is 0 Å². The summed E-state index contributed by atoms with van der Waals surface area (Å²) in [7, 11) is 0. The molecule has 2 aromatic rings. The summed E-state index contributed by atoms with van der Waals surface area (Å²) in [4.78, 5) is 12.7. The molecule has 0 aromatic heterocycles. The molecule has 5 heteroatoms. The number of carbonyl (C=O) groups is 1. The molecule has 1 heterocycles. The molecule has 0 fully saturated rings. The maximum atomic E-state index is 12.2. The zero-order chi connectivity index (χ0) is 16.2. The standard InChI is InChI=1S/C18H18N2O2S/c1-13(21)20(19-18(23)14-7-3-2-4-8-14)16-11-12-22-17-10-6-5-9-15(16)17/h2-10,16H,11-12H2,1H3,(H,19,23). The molecule has 0 radical (unpaired) electrons. The fourth-order valence-electron chi connectivity index (χ4n) is 2.73. The molecular formula is C18H18N2O2S. The summed E-state index contributed by atoms with van der Waals surface area (Å²) >= 11 is 5.45. The predicted molar refractivity (Wildman–Crippen MR) is 93.1 cm³/mol. The summed E-state index contributed by atoms with van der Waals surface area (Å²) < 4.78 is 5.67. The highest BCUT2D eigenvalue weighted by Gasteiger charge is 2.29. The van der Waals surface area contributed by atoms with E-state index in [0.29, 0.717) is 11.6 Å². The lowest BCUT2D eigenvalue weighted by Crippen LogP contribution is -2.48. The van der Waals surface area contributed by atoms with E-state index in [1.807, 2.05) is 54.6 Å². The van der Waals surface area contributed by atoms with Gasteiger partial charge in [0.15, 0.2) is 0 Å². The van der Waals surface area contributed by atoms with Crippen LogP contribution in [0.25, 0.3) is 0 Å². The van der Waals surface area contributed by atoms with Crippen LogP contribution in [-0.2, 0) is 4.79 Å². The molecule has 118 valence electrons. The number of hydrazine groups is 1. The van der Waals surface area contributed by atoms with Crippen molar-refractivity contribution in [2.75, 3.05) is 6.61 Å². The van der Waals surface area contributed by atoms with E-state index in [0.717, 1.165) is 23.3 Å². The topological polar surface area (TPSA) is 41.6 Å². The quantitative estimate of drug-likeness (QED) is 0.679. The van der Waals surface area contributed by atoms with Gasteiger partial charge in [0.1, 0.15) is 10.7 Å². The van der Waals surface area contributed by atoms with E-state index in [4.69, 9.17) is 17.0 Å². The fraction of sp³-hybridized carbons (Fsp3) is 0.222. The Labute approximate surface area is 141 Å². The molecule has 1 N–H and O–H groups in total. The SMILES string of the molecule is CC(=O)N(NC(=S)c1ccccc1)C1CCOc2ccccc21. The zero-order valence-corrected chi connectivity index (χ0v) is 13.7. The highest BCUT2D eigenvalue weighted by molar-refractivity contribution is 7.80. The first-order valence-corrected chi connectivity index (χ1v) is 7.95. The number of ether oxygens (including phenoxy) is 1. The van der Waals surface area contributed by atoms with Crippen LogP contribution in [0.15, 0.2) is 54.6 Å². The largest absolute Gasteiger partial charge is 0.493 e. The van der Waals surface area contributed by atoms with E-state index in [1.54, 1.807) is 11.9 Å². The second-order valence-electron chi connectivity index (χ2n) is 5.39. The normalized spacial score (nSPS) is 16.0. The number of nitrogens with one attached hydrogen (secondary N) is 1. The Balaban J connectivity index is 1.86. The van der Waals surface area contributed by atoms with Gasteiger partial charge in [0.25, 0.3) is 0 Å². The number of amides is 1. The summed E-state index contributed by atoms with van der Waals surface area (Å²) in [5, 5.41) is 1.61. The highest BCUT2D eigenvalue weighted by Crippen LogP contribution is 2.35. The maximum absolute atomic E-state index is 12.2. The molecular weight excluding hydrogens is 308 g/mol. The maximum Gasteiger partial charge on any atom is 0.238 e. The molecule has 0 saturated heterocycles. The first-order valence-electron chi connectivity index (χ1n) is 7.54. The number of benzene rings is 2. The van der Waals surface area contributed by atoms with Crippen molar-refractivity contribution in [1.82, 2.24) is 10.4 Å². The van der Waals surface area contributed by atoms with Crippen LogP contribution in [0.4, 0.5) is 0 Å². The lowest BCUT2D eigenvalue weighted by atomic mass is 10.00. The van der Waals surface area contributed by atoms with E-state index in [1.165, 1.54) is 0 Å². The summed E-state index contributed by atoms with van der Waals surface area (Å²) in [5.41, 5.74) is 4.98. The Bertz CT molecular complexity index is 718. The average molecular weight is 326 g/mol. The third kappa shape index (κ3) is 3.35. The number of hydrogen-bond donors (Lipinski definition) is 1. The van der Waals surface area contributed by atoms with Gasteiger partial charge in [-0.15, -0.1) is 0 Å². The van der Waals surface area contributed by atoms with Gasteiger partial charge in [-0.05, 0) is 6.07 Å². The monoisotopic (exact) mass is 326 g/mol. The van der Waals surface area contributed by atoms with E-state index in [-0.39, 0.29) is 11.9 Å². The Hall–Kier alpha value is -2.40. The molecule has 1 unspecified atom stereocenters. The molecule has 1 atom stereocenters. The van der Waals surface area contributed by atoms with E-state index in [2.05, 4.69) is 5.43 Å². The second-order valence-corrected chi connectivity index (χ2v) is 5.79. The van der Waals surface area contributed by atoms with Gasteiger partial charge in [0, 0.05) is 24.5 Å². The number of hydrogen-bond acceptors (Lipinski definition) is 3. The summed E-state index contributed by atoms with van der Waals surface area (Å²) in [6.45, 7) is 2.12. The van der Waals surface area contributed by atoms with Crippen molar-refractivity contribution in [1.29, 1.82) is 0 Å². The van der Waals surface area contributed by atoms with Crippen molar-refractivity contribution in [2.45, 2.75) is 19.4 Å². The van der Waals surface area contributed by atoms with Gasteiger partial charge in [0.2, 0.25) is 5.91 Å². The molecule has 0 spiro atoms. The summed E-state index contributed by atoms with van der Waals surface area (Å²) in [6.07, 6.45) is 0.723. The van der Waals surface area contributed by atoms with Gasteiger partial charge in [-0.3, -0.25) is 10.2 Å². The minimum atomic E-state index is -0.0980. The van der Waals surface area contributed by atoms with Crippen LogP contribution >= 0.6 is 12.2 Å². The Morgan fingerprint density at radius 1 is 1.17 bits per heavy atom. The van der Waals surface area contributed by atoms with Crippen molar-refractivity contribution in [2.24, 2.45) is 0 Å². The van der Waals surface area contributed by atoms with Gasteiger partial charge in [0.05, 0.1) is 12.6 Å². The molecule has 0 aliphatic carbocycles. The molecule has 2 aromatic carbocycles. The van der Waals surface area contributed by atoms with Crippen LogP contribution in [0.1, 0.15) is 30.5 Å². The Morgan fingerprint density at radius 2 is 1.87 bits per heavy atom. The van der Waals surface area contributed by atoms with E-state index in [9.17, 15) is 4.79 Å². The molecule has 3 rings (SSSR count). The van der Waals surface area contributed by atoms with Crippen LogP contribution in [0, 0.1) is 0 Å². The van der Waals surface area contributed by atoms with Crippen LogP contribution < -0.4 is 10.2 Å². The minimum Gasteiger partial charge on any atom is -0.493 e. The number of carbonyl (C=O) groups excluding carboxylic acids is 1. The van der Waals surface area contributed by atoms with Crippen molar-refractivity contribution in [3.8, 4) is 5.75 Å². The number of fused-ring (bicyclic) bond motifs is 1. The predicted octanol–water partition coefficient (Wildman–Crippen LogP) is 3.24. The van der Waals surface area contributed by atoms with Gasteiger partial charge in [-0.2, -0.15) is 0 Å². The Morgan fingerprint density at radius 3 is 2.61 bits per heavy atom. The summed E-state index contributed by atoms with van der Waals surface area (Å²) in [6, 6.07) is 17.3. The van der Waals surface area contributed by atoms with Crippen LogP contribution in [0.3, 0.4) is 0 Å². The number of thiocarbonyl (C=S) groups is 1. The summed E-state index contributed by atoms with van der Waals surface area (Å²) in [5.74, 6) is 0.743. The van der Waals surface area contributed by atoms with Gasteiger partial charge < -0.3 is 4.74 Å². The van der Waals surface area contributed by atoms with Crippen molar-refractivity contribution >= 4 is 23.1 Å². The van der Waals surface area contributed by atoms with E-state index >= 15 is 0 Å². The lowest BCUT2D eigenvalue weighted by molar-refractivity contribution is -0.134. The first kappa shape index (κ1) is 15.5. The highest BCUT2D eigenvalue weighted by atomic mass is 32.1. The van der Waals surface area contributed by atoms with Crippen LogP contribution in [-0.4, -0.2) is 22.5 Å². The molecule has 0 bridgehead atoms. The van der Waals surface area contributed by atoms with Crippen LogP contribution in [0.5, 0.6) is 5.75 Å². The van der Waals surface area contributed by atoms with Crippen molar-refractivity contribution in [3.63, 3.8) is 0 Å². The smallest absolute Gasteiger partial charge is 0.238 e. The van der Waals surface area contributed by atoms with Crippen molar-refractivity contribution < 1.29 is 9.53 Å². The average Bonchev–Trinajstić information content (AvgIpc) is 2.59. The van der Waals surface area contributed by atoms with Gasteiger partial charge in [-0.25, -0.2) is 5.01 Å². The first-order chi connectivity index (χ1) is 11.2. The molecule has 1 aliphatic rings. The minimum absolute atomic E-state index is 0.0787. The lowest BCUT2D eigenvalue weighted by Gasteiger charge is -2.35. The number of para-hydroxylation sites is 1. The third-order valence-electron chi connectivity index (χ3n) is 3.84. The molecule has 1 aliphatic heterocycles. The van der Waals surface area contributed by atoms with Gasteiger partial charge in [-0.1, -0.05) is 60.7 Å². The Kier molecular flexibility index (Phi) is 4.57. The molecule has 1 amide bonds. The zero-order valence-electron chi connectivity index (χ0n) is 12.9. The number of rotatable bonds is 2. The van der Waals surface area contributed by atoms with Crippen molar-refractivity contribution in [3.05, 3.63) is 65.7 Å².